The van der Waals surface area contributed by atoms with Gasteiger partial charge < -0.3 is 19.5 Å². The van der Waals surface area contributed by atoms with E-state index in [1.54, 1.807) is 37.2 Å². The van der Waals surface area contributed by atoms with Crippen LogP contribution >= 0.6 is 0 Å². The van der Waals surface area contributed by atoms with E-state index in [1.165, 1.54) is 0 Å². The molecule has 2 rings (SSSR count). The fourth-order valence-corrected chi connectivity index (χ4v) is 2.68. The highest BCUT2D eigenvalue weighted by atomic mass is 16.5. The second-order valence-corrected chi connectivity index (χ2v) is 5.62. The minimum atomic E-state index is -0.875. The third-order valence-corrected chi connectivity index (χ3v) is 3.64. The molecule has 0 bridgehead atoms. The third kappa shape index (κ3) is 4.90. The van der Waals surface area contributed by atoms with Crippen molar-refractivity contribution in [2.24, 2.45) is 0 Å². The summed E-state index contributed by atoms with van der Waals surface area (Å²) >= 11 is 0. The van der Waals surface area contributed by atoms with Crippen LogP contribution in [0.1, 0.15) is 17.3 Å². The van der Waals surface area contributed by atoms with Gasteiger partial charge in [-0.15, -0.1) is 0 Å². The van der Waals surface area contributed by atoms with Gasteiger partial charge in [-0.1, -0.05) is 0 Å². The van der Waals surface area contributed by atoms with Crippen LogP contribution in [0, 0.1) is 0 Å². The number of carbonyl (C=O) groups excluding carboxylic acids is 1. The highest BCUT2D eigenvalue weighted by Gasteiger charge is 2.26. The van der Waals surface area contributed by atoms with Crippen LogP contribution in [-0.2, 0) is 14.3 Å². The summed E-state index contributed by atoms with van der Waals surface area (Å²) in [5.41, 5.74) is 0.430. The molecule has 0 aliphatic carbocycles. The summed E-state index contributed by atoms with van der Waals surface area (Å²) in [5.74, 6) is -0.698. The topological polar surface area (TPSA) is 92.2 Å². The molecule has 2 heterocycles. The number of anilines is 1. The van der Waals surface area contributed by atoms with Crippen molar-refractivity contribution in [1.29, 1.82) is 0 Å². The average molecular weight is 337 g/mol. The lowest BCUT2D eigenvalue weighted by Gasteiger charge is -2.35. The third-order valence-electron chi connectivity index (χ3n) is 3.64. The van der Waals surface area contributed by atoms with Crippen molar-refractivity contribution in [1.82, 2.24) is 9.88 Å². The normalized spacial score (nSPS) is 17.8. The van der Waals surface area contributed by atoms with Crippen LogP contribution < -0.4 is 4.90 Å². The molecule has 8 nitrogen and oxygen atoms in total. The molecule has 1 atom stereocenters. The number of carboxylic acid groups (broad SMARTS) is 1. The molecule has 0 spiro atoms. The zero-order chi connectivity index (χ0) is 17.5. The summed E-state index contributed by atoms with van der Waals surface area (Å²) in [7, 11) is 1.74. The summed E-state index contributed by atoms with van der Waals surface area (Å²) in [6.07, 6.45) is 1.49. The van der Waals surface area contributed by atoms with Crippen molar-refractivity contribution in [3.8, 4) is 0 Å². The van der Waals surface area contributed by atoms with Crippen LogP contribution in [0.15, 0.2) is 18.3 Å². The number of hydrogen-bond donors (Lipinski definition) is 1. The summed E-state index contributed by atoms with van der Waals surface area (Å²) in [5, 5.41) is 8.84. The first-order valence-electron chi connectivity index (χ1n) is 7.90. The van der Waals surface area contributed by atoms with E-state index < -0.39 is 11.9 Å². The summed E-state index contributed by atoms with van der Waals surface area (Å²) in [6.45, 7) is 4.15. The molecule has 0 radical (unpaired) electrons. The van der Waals surface area contributed by atoms with Crippen molar-refractivity contribution in [2.75, 3.05) is 51.3 Å². The number of hydrogen-bond acceptors (Lipinski definition) is 7. The molecule has 1 saturated heterocycles. The monoisotopic (exact) mass is 337 g/mol. The highest BCUT2D eigenvalue weighted by molar-refractivity contribution is 5.94. The Bertz CT molecular complexity index is 581. The van der Waals surface area contributed by atoms with Crippen LogP contribution in [0.25, 0.3) is 0 Å². The van der Waals surface area contributed by atoms with E-state index in [0.29, 0.717) is 44.2 Å². The molecular formula is C16H23N3O5. The molecule has 8 heteroatoms. The number of ether oxygens (including phenoxy) is 2. The fourth-order valence-electron chi connectivity index (χ4n) is 2.68. The summed E-state index contributed by atoms with van der Waals surface area (Å²) < 4.78 is 10.8. The van der Waals surface area contributed by atoms with Crippen LogP contribution in [0.2, 0.25) is 0 Å². The summed E-state index contributed by atoms with van der Waals surface area (Å²) in [6, 6.07) is 3.40. The molecule has 1 N–H and O–H groups in total. The Hall–Kier alpha value is -2.19. The molecule has 0 saturated carbocycles. The average Bonchev–Trinajstić information content (AvgIpc) is 2.54. The maximum atomic E-state index is 12.1. The Morgan fingerprint density at radius 2 is 2.33 bits per heavy atom. The predicted molar refractivity (Wildman–Crippen MR) is 87.3 cm³/mol. The minimum absolute atomic E-state index is 0.0441. The number of carboxylic acids is 1. The summed E-state index contributed by atoms with van der Waals surface area (Å²) in [4.78, 5) is 30.9. The van der Waals surface area contributed by atoms with Crippen molar-refractivity contribution in [3.05, 3.63) is 23.9 Å². The van der Waals surface area contributed by atoms with E-state index in [0.717, 1.165) is 0 Å². The van der Waals surface area contributed by atoms with Gasteiger partial charge in [-0.25, -0.2) is 9.78 Å². The van der Waals surface area contributed by atoms with Crippen molar-refractivity contribution < 1.29 is 24.2 Å². The van der Waals surface area contributed by atoms with E-state index >= 15 is 0 Å². The van der Waals surface area contributed by atoms with Gasteiger partial charge >= 0.3 is 11.9 Å². The minimum Gasteiger partial charge on any atom is -0.480 e. The molecule has 1 aromatic rings. The van der Waals surface area contributed by atoms with Gasteiger partial charge in [0.15, 0.2) is 0 Å². The second kappa shape index (κ2) is 8.60. The molecule has 1 aromatic heterocycles. The first-order chi connectivity index (χ1) is 11.5. The van der Waals surface area contributed by atoms with Crippen LogP contribution in [0.3, 0.4) is 0 Å². The van der Waals surface area contributed by atoms with E-state index in [4.69, 9.17) is 14.6 Å². The van der Waals surface area contributed by atoms with E-state index in [2.05, 4.69) is 4.98 Å². The molecule has 1 unspecified atom stereocenters. The van der Waals surface area contributed by atoms with Gasteiger partial charge in [-0.05, 0) is 26.1 Å². The maximum absolute atomic E-state index is 12.1. The fraction of sp³-hybridized carbons (Fsp3) is 0.562. The number of aromatic nitrogens is 1. The Balaban J connectivity index is 2.07. The zero-order valence-electron chi connectivity index (χ0n) is 14.0. The molecule has 1 aliphatic heterocycles. The number of nitrogens with zero attached hydrogens (tertiary/aromatic N) is 3. The number of likely N-dealkylation sites (N-methyl/N-ethyl adjacent to an activating group) is 1. The Morgan fingerprint density at radius 3 is 3.04 bits per heavy atom. The largest absolute Gasteiger partial charge is 0.480 e. The van der Waals surface area contributed by atoms with E-state index in [9.17, 15) is 9.59 Å². The first kappa shape index (κ1) is 18.2. The maximum Gasteiger partial charge on any atom is 0.341 e. The standard InChI is InChI=1S/C16H23N3O5/c1-3-23-16(22)13-5-4-6-17-15(13)19-7-8-24-12(10-19)9-18(2)11-14(20)21/h4-6,12H,3,7-11H2,1-2H3,(H,20,21). The lowest BCUT2D eigenvalue weighted by Crippen LogP contribution is -2.48. The molecule has 132 valence electrons. The highest BCUT2D eigenvalue weighted by Crippen LogP contribution is 2.21. The Labute approximate surface area is 141 Å². The molecule has 0 amide bonds. The molecule has 1 fully saturated rings. The molecular weight excluding hydrogens is 314 g/mol. The van der Waals surface area contributed by atoms with Gasteiger partial charge in [0.2, 0.25) is 0 Å². The number of esters is 1. The quantitative estimate of drug-likeness (QED) is 0.718. The smallest absolute Gasteiger partial charge is 0.341 e. The van der Waals surface area contributed by atoms with Gasteiger partial charge in [0.25, 0.3) is 0 Å². The zero-order valence-corrected chi connectivity index (χ0v) is 14.0. The lowest BCUT2D eigenvalue weighted by atomic mass is 10.2. The number of rotatable bonds is 7. The molecule has 1 aliphatic rings. The van der Waals surface area contributed by atoms with Crippen LogP contribution in [0.4, 0.5) is 5.82 Å². The van der Waals surface area contributed by atoms with E-state index in [1.807, 2.05) is 4.90 Å². The number of aliphatic carboxylic acids is 1. The van der Waals surface area contributed by atoms with Gasteiger partial charge in [0, 0.05) is 25.8 Å². The Morgan fingerprint density at radius 1 is 1.54 bits per heavy atom. The lowest BCUT2D eigenvalue weighted by molar-refractivity contribution is -0.138. The molecule has 0 aromatic carbocycles. The van der Waals surface area contributed by atoms with Gasteiger partial charge in [0.1, 0.15) is 11.4 Å². The van der Waals surface area contributed by atoms with Gasteiger partial charge in [-0.2, -0.15) is 0 Å². The Kier molecular flexibility index (Phi) is 6.51. The second-order valence-electron chi connectivity index (χ2n) is 5.62. The first-order valence-corrected chi connectivity index (χ1v) is 7.90. The van der Waals surface area contributed by atoms with Crippen molar-refractivity contribution in [2.45, 2.75) is 13.0 Å². The molecule has 24 heavy (non-hydrogen) atoms. The van der Waals surface area contributed by atoms with Gasteiger partial charge in [0.05, 0.1) is 25.9 Å². The SMILES string of the molecule is CCOC(=O)c1cccnc1N1CCOC(CN(C)CC(=O)O)C1. The number of pyridine rings is 1. The van der Waals surface area contributed by atoms with Crippen LogP contribution in [-0.4, -0.2) is 79.5 Å². The van der Waals surface area contributed by atoms with Crippen LogP contribution in [0.5, 0.6) is 0 Å². The van der Waals surface area contributed by atoms with Crippen molar-refractivity contribution in [3.63, 3.8) is 0 Å². The van der Waals surface area contributed by atoms with E-state index in [-0.39, 0.29) is 12.6 Å². The van der Waals surface area contributed by atoms with Crippen molar-refractivity contribution >= 4 is 17.8 Å². The predicted octanol–water partition coefficient (Wildman–Crippen LogP) is 0.480. The van der Waals surface area contributed by atoms with Gasteiger partial charge in [-0.3, -0.25) is 9.69 Å². The number of carbonyl (C=O) groups is 2. The number of morpholine rings is 1.